The molecular formula is C14H22N2O3. The van der Waals surface area contributed by atoms with Crippen LogP contribution in [0.15, 0.2) is 12.1 Å². The van der Waals surface area contributed by atoms with Gasteiger partial charge in [0, 0.05) is 18.1 Å². The third kappa shape index (κ3) is 3.77. The Kier molecular flexibility index (Phi) is 5.48. The Morgan fingerprint density at radius 3 is 2.42 bits per heavy atom. The third-order valence-electron chi connectivity index (χ3n) is 2.98. The van der Waals surface area contributed by atoms with Crippen LogP contribution < -0.4 is 20.5 Å². The minimum atomic E-state index is -0.0440. The van der Waals surface area contributed by atoms with Gasteiger partial charge in [0.2, 0.25) is 5.91 Å². The van der Waals surface area contributed by atoms with Crippen molar-refractivity contribution in [1.29, 1.82) is 0 Å². The van der Waals surface area contributed by atoms with E-state index in [2.05, 4.69) is 12.2 Å². The molecule has 1 rings (SSSR count). The van der Waals surface area contributed by atoms with Crippen LogP contribution in [-0.4, -0.2) is 20.1 Å². The van der Waals surface area contributed by atoms with Gasteiger partial charge in [0.15, 0.2) is 11.5 Å². The van der Waals surface area contributed by atoms with Crippen LogP contribution in [0.3, 0.4) is 0 Å². The molecule has 0 aromatic heterocycles. The monoisotopic (exact) mass is 266 g/mol. The van der Waals surface area contributed by atoms with Gasteiger partial charge in [-0.1, -0.05) is 20.3 Å². The number of anilines is 2. The number of hydrogen-bond acceptors (Lipinski definition) is 4. The molecule has 1 atom stereocenters. The second-order valence-corrected chi connectivity index (χ2v) is 4.47. The Balaban J connectivity index is 2.92. The first-order valence-electron chi connectivity index (χ1n) is 6.35. The van der Waals surface area contributed by atoms with E-state index in [1.54, 1.807) is 26.4 Å². The topological polar surface area (TPSA) is 73.6 Å². The van der Waals surface area contributed by atoms with E-state index in [4.69, 9.17) is 15.2 Å². The van der Waals surface area contributed by atoms with Crippen molar-refractivity contribution in [1.82, 2.24) is 0 Å². The van der Waals surface area contributed by atoms with Gasteiger partial charge < -0.3 is 20.5 Å². The summed E-state index contributed by atoms with van der Waals surface area (Å²) >= 11 is 0. The molecule has 106 valence electrons. The molecule has 1 unspecified atom stereocenters. The van der Waals surface area contributed by atoms with Crippen LogP contribution in [0.4, 0.5) is 11.4 Å². The minimum Gasteiger partial charge on any atom is -0.493 e. The second-order valence-electron chi connectivity index (χ2n) is 4.47. The molecule has 3 N–H and O–H groups in total. The predicted molar refractivity (Wildman–Crippen MR) is 76.7 cm³/mol. The Morgan fingerprint density at radius 1 is 1.32 bits per heavy atom. The van der Waals surface area contributed by atoms with Crippen molar-refractivity contribution in [2.24, 2.45) is 5.92 Å². The summed E-state index contributed by atoms with van der Waals surface area (Å²) in [6.45, 7) is 3.95. The summed E-state index contributed by atoms with van der Waals surface area (Å²) in [4.78, 5) is 12.0. The van der Waals surface area contributed by atoms with Gasteiger partial charge in [-0.15, -0.1) is 0 Å². The van der Waals surface area contributed by atoms with Gasteiger partial charge in [0.25, 0.3) is 0 Å². The summed E-state index contributed by atoms with van der Waals surface area (Å²) in [5.74, 6) is 0.994. The molecule has 5 nitrogen and oxygen atoms in total. The fraction of sp³-hybridized carbons (Fsp3) is 0.500. The molecule has 1 amide bonds. The van der Waals surface area contributed by atoms with Crippen LogP contribution in [0, 0.1) is 5.92 Å². The molecule has 0 radical (unpaired) electrons. The van der Waals surface area contributed by atoms with Crippen molar-refractivity contribution in [3.05, 3.63) is 12.1 Å². The molecule has 0 aliphatic heterocycles. The number of rotatable bonds is 6. The van der Waals surface area contributed by atoms with Gasteiger partial charge in [-0.25, -0.2) is 0 Å². The number of carbonyl (C=O) groups excluding carboxylic acids is 1. The highest BCUT2D eigenvalue weighted by molar-refractivity contribution is 5.95. The maximum atomic E-state index is 12.0. The highest BCUT2D eigenvalue weighted by atomic mass is 16.5. The molecule has 0 heterocycles. The zero-order valence-electron chi connectivity index (χ0n) is 11.9. The SMILES string of the molecule is CCCC(C)C(=O)Nc1cc(OC)c(OC)cc1N. The quantitative estimate of drug-likeness (QED) is 0.776. The van der Waals surface area contributed by atoms with Crippen molar-refractivity contribution in [3.63, 3.8) is 0 Å². The third-order valence-corrected chi connectivity index (χ3v) is 2.98. The van der Waals surface area contributed by atoms with E-state index in [0.717, 1.165) is 12.8 Å². The number of ether oxygens (including phenoxy) is 2. The van der Waals surface area contributed by atoms with E-state index < -0.39 is 0 Å². The number of nitrogen functional groups attached to an aromatic ring is 1. The largest absolute Gasteiger partial charge is 0.493 e. The number of nitrogens with two attached hydrogens (primary N) is 1. The fourth-order valence-corrected chi connectivity index (χ4v) is 1.82. The standard InChI is InChI=1S/C14H22N2O3/c1-5-6-9(2)14(17)16-11-8-13(19-4)12(18-3)7-10(11)15/h7-9H,5-6,15H2,1-4H3,(H,16,17). The van der Waals surface area contributed by atoms with Crippen LogP contribution in [0.2, 0.25) is 0 Å². The lowest BCUT2D eigenvalue weighted by Gasteiger charge is -2.15. The Morgan fingerprint density at radius 2 is 1.89 bits per heavy atom. The van der Waals surface area contributed by atoms with Gasteiger partial charge >= 0.3 is 0 Å². The summed E-state index contributed by atoms with van der Waals surface area (Å²) in [5, 5.41) is 2.82. The Bertz CT molecular complexity index is 447. The van der Waals surface area contributed by atoms with Gasteiger partial charge in [-0.05, 0) is 6.42 Å². The number of amides is 1. The molecule has 0 spiro atoms. The molecular weight excluding hydrogens is 244 g/mol. The van der Waals surface area contributed by atoms with Crippen LogP contribution in [0.25, 0.3) is 0 Å². The number of carbonyl (C=O) groups is 1. The van der Waals surface area contributed by atoms with Crippen molar-refractivity contribution < 1.29 is 14.3 Å². The van der Waals surface area contributed by atoms with E-state index in [1.807, 2.05) is 6.92 Å². The summed E-state index contributed by atoms with van der Waals surface area (Å²) < 4.78 is 10.3. The number of nitrogens with one attached hydrogen (secondary N) is 1. The van der Waals surface area contributed by atoms with Crippen molar-refractivity contribution >= 4 is 17.3 Å². The van der Waals surface area contributed by atoms with E-state index in [0.29, 0.717) is 22.9 Å². The first kappa shape index (κ1) is 15.1. The Hall–Kier alpha value is -1.91. The maximum absolute atomic E-state index is 12.0. The van der Waals surface area contributed by atoms with E-state index in [-0.39, 0.29) is 11.8 Å². The van der Waals surface area contributed by atoms with Crippen molar-refractivity contribution in [2.75, 3.05) is 25.3 Å². The lowest BCUT2D eigenvalue weighted by Crippen LogP contribution is -2.20. The Labute approximate surface area is 114 Å². The van der Waals surface area contributed by atoms with Gasteiger partial charge in [0.05, 0.1) is 25.6 Å². The fourth-order valence-electron chi connectivity index (χ4n) is 1.82. The smallest absolute Gasteiger partial charge is 0.227 e. The average Bonchev–Trinajstić information content (AvgIpc) is 2.40. The summed E-state index contributed by atoms with van der Waals surface area (Å²) in [5.41, 5.74) is 6.89. The molecule has 0 aliphatic carbocycles. The zero-order chi connectivity index (χ0) is 14.4. The second kappa shape index (κ2) is 6.87. The molecule has 19 heavy (non-hydrogen) atoms. The average molecular weight is 266 g/mol. The van der Waals surface area contributed by atoms with Gasteiger partial charge in [-0.3, -0.25) is 4.79 Å². The zero-order valence-corrected chi connectivity index (χ0v) is 11.9. The lowest BCUT2D eigenvalue weighted by molar-refractivity contribution is -0.119. The lowest BCUT2D eigenvalue weighted by atomic mass is 10.1. The summed E-state index contributed by atoms with van der Waals surface area (Å²) in [7, 11) is 3.08. The molecule has 1 aromatic carbocycles. The molecule has 0 bridgehead atoms. The van der Waals surface area contributed by atoms with Gasteiger partial charge in [-0.2, -0.15) is 0 Å². The highest BCUT2D eigenvalue weighted by Crippen LogP contribution is 2.35. The van der Waals surface area contributed by atoms with Crippen LogP contribution >= 0.6 is 0 Å². The summed E-state index contributed by atoms with van der Waals surface area (Å²) in [6.07, 6.45) is 1.81. The van der Waals surface area contributed by atoms with Crippen LogP contribution in [-0.2, 0) is 4.79 Å². The van der Waals surface area contributed by atoms with Gasteiger partial charge in [0.1, 0.15) is 0 Å². The van der Waals surface area contributed by atoms with Crippen LogP contribution in [0.5, 0.6) is 11.5 Å². The van der Waals surface area contributed by atoms with E-state index in [9.17, 15) is 4.79 Å². The van der Waals surface area contributed by atoms with Crippen molar-refractivity contribution in [3.8, 4) is 11.5 Å². The number of hydrogen-bond donors (Lipinski definition) is 2. The predicted octanol–water partition coefficient (Wildman–Crippen LogP) is 2.66. The molecule has 1 aromatic rings. The van der Waals surface area contributed by atoms with E-state index in [1.165, 1.54) is 0 Å². The first-order chi connectivity index (χ1) is 9.03. The highest BCUT2D eigenvalue weighted by Gasteiger charge is 2.15. The van der Waals surface area contributed by atoms with Crippen molar-refractivity contribution in [2.45, 2.75) is 26.7 Å². The molecule has 0 saturated heterocycles. The number of benzene rings is 1. The maximum Gasteiger partial charge on any atom is 0.227 e. The normalized spacial score (nSPS) is 11.8. The first-order valence-corrected chi connectivity index (χ1v) is 6.35. The molecule has 0 aliphatic rings. The summed E-state index contributed by atoms with van der Waals surface area (Å²) in [6, 6.07) is 3.31. The molecule has 0 saturated carbocycles. The minimum absolute atomic E-state index is 0.0410. The van der Waals surface area contributed by atoms with E-state index >= 15 is 0 Å². The number of methoxy groups -OCH3 is 2. The molecule has 5 heteroatoms. The van der Waals surface area contributed by atoms with Crippen LogP contribution in [0.1, 0.15) is 26.7 Å². The molecule has 0 fully saturated rings.